The van der Waals surface area contributed by atoms with Gasteiger partial charge in [-0.25, -0.2) is 4.79 Å². The van der Waals surface area contributed by atoms with E-state index in [-0.39, 0.29) is 0 Å². The lowest BCUT2D eigenvalue weighted by Crippen LogP contribution is -2.54. The lowest BCUT2D eigenvalue weighted by atomic mass is 10.2. The Balaban J connectivity index is 4.12. The third kappa shape index (κ3) is 3.41. The zero-order valence-electron chi connectivity index (χ0n) is 5.90. The number of carbonyl (C=O) groups is 2. The maximum atomic E-state index is 10.1. The number of carbonyl (C=O) groups excluding carboxylic acids is 2. The zero-order valence-corrected chi connectivity index (χ0v) is 5.90. The van der Waals surface area contributed by atoms with E-state index in [1.165, 1.54) is 6.92 Å². The second kappa shape index (κ2) is 3.77. The van der Waals surface area contributed by atoms with Gasteiger partial charge in [0.15, 0.2) is 0 Å². The average molecular weight is 161 g/mol. The molecule has 0 saturated carbocycles. The molecule has 0 aliphatic carbocycles. The summed E-state index contributed by atoms with van der Waals surface area (Å²) >= 11 is 0. The summed E-state index contributed by atoms with van der Waals surface area (Å²) < 4.78 is 0. The predicted octanol–water partition coefficient (Wildman–Crippen LogP) is -2.85. The minimum absolute atomic E-state index is 1.01. The Morgan fingerprint density at radius 2 is 2.09 bits per heavy atom. The number of aliphatic hydroxyl groups is 1. The van der Waals surface area contributed by atoms with E-state index in [1.807, 2.05) is 0 Å². The van der Waals surface area contributed by atoms with Crippen LogP contribution in [-0.4, -0.2) is 29.3 Å². The largest absolute Gasteiger partial charge is 0.548 e. The smallest absolute Gasteiger partial charge is 0.312 e. The molecule has 0 rings (SSSR count). The summed E-state index contributed by atoms with van der Waals surface area (Å²) in [7, 11) is 0. The highest BCUT2D eigenvalue weighted by atomic mass is 16.4. The van der Waals surface area contributed by atoms with Crippen LogP contribution in [0.15, 0.2) is 0 Å². The van der Waals surface area contributed by atoms with E-state index in [9.17, 15) is 14.7 Å². The minimum Gasteiger partial charge on any atom is -0.548 e. The van der Waals surface area contributed by atoms with Gasteiger partial charge in [0.2, 0.25) is 0 Å². The zero-order chi connectivity index (χ0) is 9.02. The van der Waals surface area contributed by atoms with E-state index in [1.54, 1.807) is 5.32 Å². The fraction of sp³-hybridized carbons (Fsp3) is 0.600. The molecule has 0 aromatic carbocycles. The molecule has 0 unspecified atom stereocenters. The number of aliphatic hydroxyl groups excluding tert-OH is 1. The molecule has 4 N–H and O–H groups in total. The van der Waals surface area contributed by atoms with Crippen LogP contribution in [0, 0.1) is 0 Å². The van der Waals surface area contributed by atoms with Gasteiger partial charge in [0.05, 0.1) is 18.1 Å². The Bertz CT molecular complexity index is 168. The quantitative estimate of drug-likeness (QED) is 0.413. The molecule has 0 spiro atoms. The van der Waals surface area contributed by atoms with Crippen molar-refractivity contribution in [3.63, 3.8) is 0 Å². The van der Waals surface area contributed by atoms with E-state index in [4.69, 9.17) is 5.11 Å². The first-order valence-electron chi connectivity index (χ1n) is 2.90. The fourth-order valence-corrected chi connectivity index (χ4v) is 0.530. The summed E-state index contributed by atoms with van der Waals surface area (Å²) in [6.45, 7) is 1.20. The monoisotopic (exact) mass is 161 g/mol. The molecule has 11 heavy (non-hydrogen) atoms. The van der Waals surface area contributed by atoms with Gasteiger partial charge in [0.1, 0.15) is 0 Å². The van der Waals surface area contributed by atoms with Crippen LogP contribution >= 0.6 is 0 Å². The van der Waals surface area contributed by atoms with Crippen LogP contribution in [0.2, 0.25) is 0 Å². The summed E-state index contributed by atoms with van der Waals surface area (Å²) in [5.74, 6) is -1.57. The number of nitrogens with one attached hydrogen (secondary N) is 1. The van der Waals surface area contributed by atoms with E-state index in [2.05, 4.69) is 5.73 Å². The molecule has 0 fully saturated rings. The number of hydrogen-bond acceptors (Lipinski definition) is 4. The number of hydrogen-bond donors (Lipinski definition) is 3. The van der Waals surface area contributed by atoms with Crippen molar-refractivity contribution in [2.45, 2.75) is 19.1 Å². The van der Waals surface area contributed by atoms with Crippen LogP contribution in [0.25, 0.3) is 0 Å². The van der Waals surface area contributed by atoms with Crippen LogP contribution in [0.4, 0.5) is 4.79 Å². The molecule has 0 bridgehead atoms. The Morgan fingerprint density at radius 3 is 2.18 bits per heavy atom. The summed E-state index contributed by atoms with van der Waals surface area (Å²) in [6.07, 6.45) is -1.23. The second-order valence-electron chi connectivity index (χ2n) is 2.05. The van der Waals surface area contributed by atoms with Gasteiger partial charge in [-0.3, -0.25) is 0 Å². The number of nitrogens with two attached hydrogens (primary N) is 1. The number of aliphatic carboxylic acids is 1. The predicted molar refractivity (Wildman–Crippen MR) is 33.2 cm³/mol. The van der Waals surface area contributed by atoms with Crippen molar-refractivity contribution in [1.29, 1.82) is 0 Å². The van der Waals surface area contributed by atoms with Crippen LogP contribution in [0.1, 0.15) is 6.92 Å². The van der Waals surface area contributed by atoms with Gasteiger partial charge in [-0.2, -0.15) is 0 Å². The highest BCUT2D eigenvalue weighted by Crippen LogP contribution is 1.89. The molecule has 0 radical (unpaired) electrons. The summed E-state index contributed by atoms with van der Waals surface area (Å²) in [4.78, 5) is 20.3. The van der Waals surface area contributed by atoms with Crippen molar-refractivity contribution in [3.8, 4) is 0 Å². The molecule has 0 saturated heterocycles. The number of carboxylic acids is 1. The van der Waals surface area contributed by atoms with Gasteiger partial charge < -0.3 is 26.1 Å². The van der Waals surface area contributed by atoms with Crippen LogP contribution in [-0.2, 0) is 4.79 Å². The molecule has 0 aromatic rings. The van der Waals surface area contributed by atoms with Crippen molar-refractivity contribution in [2.24, 2.45) is 5.73 Å². The Kier molecular flexibility index (Phi) is 3.32. The van der Waals surface area contributed by atoms with Gasteiger partial charge in [-0.1, -0.05) is 0 Å². The normalized spacial score (nSPS) is 15.1. The second-order valence-corrected chi connectivity index (χ2v) is 2.05. The van der Waals surface area contributed by atoms with E-state index < -0.39 is 24.1 Å². The van der Waals surface area contributed by atoms with E-state index >= 15 is 0 Å². The Hall–Kier alpha value is -1.30. The molecular weight excluding hydrogens is 152 g/mol. The molecule has 2 atom stereocenters. The van der Waals surface area contributed by atoms with Gasteiger partial charge >= 0.3 is 6.03 Å². The van der Waals surface area contributed by atoms with Gasteiger partial charge in [-0.05, 0) is 6.92 Å². The van der Waals surface area contributed by atoms with Crippen molar-refractivity contribution >= 4 is 12.0 Å². The SMILES string of the molecule is C[C@H](O)[C@@H](NC(N)=O)C(=O)[O-]. The minimum atomic E-state index is -1.57. The van der Waals surface area contributed by atoms with Crippen molar-refractivity contribution < 1.29 is 19.8 Å². The third-order valence-electron chi connectivity index (χ3n) is 1.03. The Labute approximate surface area is 63.0 Å². The highest BCUT2D eigenvalue weighted by Gasteiger charge is 2.16. The lowest BCUT2D eigenvalue weighted by molar-refractivity contribution is -0.310. The number of carboxylic acid groups (broad SMARTS) is 1. The van der Waals surface area contributed by atoms with Gasteiger partial charge in [0.25, 0.3) is 0 Å². The molecule has 0 aliphatic heterocycles. The highest BCUT2D eigenvalue weighted by molar-refractivity contribution is 5.80. The standard InChI is InChI=1S/C5H10N2O4/c1-2(8)3(4(9)10)7-5(6)11/h2-3,8H,1H3,(H,9,10)(H3,6,7,11)/p-1/t2-,3+/m0/s1. The van der Waals surface area contributed by atoms with E-state index in [0.717, 1.165) is 0 Å². The lowest BCUT2D eigenvalue weighted by Gasteiger charge is -2.20. The van der Waals surface area contributed by atoms with Crippen LogP contribution in [0.5, 0.6) is 0 Å². The summed E-state index contributed by atoms with van der Waals surface area (Å²) in [6, 6.07) is -2.47. The molecule has 0 aromatic heterocycles. The molecular formula is C5H9N2O4-. The maximum absolute atomic E-state index is 10.1. The van der Waals surface area contributed by atoms with Crippen molar-refractivity contribution in [3.05, 3.63) is 0 Å². The van der Waals surface area contributed by atoms with Gasteiger partial charge in [-0.15, -0.1) is 0 Å². The number of primary amides is 1. The molecule has 6 heteroatoms. The Morgan fingerprint density at radius 1 is 1.64 bits per heavy atom. The summed E-state index contributed by atoms with van der Waals surface area (Å²) in [5, 5.41) is 20.7. The number of amides is 2. The molecule has 0 aliphatic rings. The first-order chi connectivity index (χ1) is 4.95. The van der Waals surface area contributed by atoms with Crippen molar-refractivity contribution in [1.82, 2.24) is 5.32 Å². The third-order valence-corrected chi connectivity index (χ3v) is 1.03. The van der Waals surface area contributed by atoms with E-state index in [0.29, 0.717) is 0 Å². The van der Waals surface area contributed by atoms with Crippen LogP contribution in [0.3, 0.4) is 0 Å². The molecule has 6 nitrogen and oxygen atoms in total. The molecule has 0 heterocycles. The van der Waals surface area contributed by atoms with Gasteiger partial charge in [0, 0.05) is 0 Å². The van der Waals surface area contributed by atoms with Crippen LogP contribution < -0.4 is 16.2 Å². The average Bonchev–Trinajstić information content (AvgIpc) is 1.81. The number of urea groups is 1. The summed E-state index contributed by atoms with van der Waals surface area (Å²) in [5.41, 5.74) is 4.62. The molecule has 64 valence electrons. The number of rotatable bonds is 3. The molecule has 2 amide bonds. The van der Waals surface area contributed by atoms with Crippen molar-refractivity contribution in [2.75, 3.05) is 0 Å². The topological polar surface area (TPSA) is 115 Å². The fourth-order valence-electron chi connectivity index (χ4n) is 0.530. The maximum Gasteiger partial charge on any atom is 0.312 e. The first-order valence-corrected chi connectivity index (χ1v) is 2.90. The first kappa shape index (κ1) is 9.70.